The fraction of sp³-hybridized carbons (Fsp3) is 1.00. The van der Waals surface area contributed by atoms with E-state index >= 15 is 0 Å². The summed E-state index contributed by atoms with van der Waals surface area (Å²) < 4.78 is 82.0. The second-order valence-corrected chi connectivity index (χ2v) is 4.00. The third-order valence-corrected chi connectivity index (χ3v) is 2.41. The van der Waals surface area contributed by atoms with Gasteiger partial charge in [-0.25, -0.2) is 8.78 Å². The maximum absolute atomic E-state index is 13.6. The predicted molar refractivity (Wildman–Crippen MR) is 46.2 cm³/mol. The largest absolute Gasteiger partial charge is 0.420 e. The van der Waals surface area contributed by atoms with E-state index in [2.05, 4.69) is 18.9 Å². The van der Waals surface area contributed by atoms with Crippen LogP contribution in [0.3, 0.4) is 0 Å². The molecule has 0 aliphatic carbocycles. The van der Waals surface area contributed by atoms with E-state index in [-0.39, 0.29) is 13.2 Å². The molecular formula is C9H11F5O4. The molecule has 2 saturated heterocycles. The molecular weight excluding hydrogens is 267 g/mol. The zero-order valence-electron chi connectivity index (χ0n) is 9.08. The lowest BCUT2D eigenvalue weighted by atomic mass is 10.3. The molecule has 0 aromatic carbocycles. The lowest BCUT2D eigenvalue weighted by Gasteiger charge is -2.31. The minimum Gasteiger partial charge on any atom is -0.371 e. The highest BCUT2D eigenvalue weighted by atomic mass is 19.3. The Hall–Kier alpha value is -0.510. The van der Waals surface area contributed by atoms with Crippen molar-refractivity contribution >= 4 is 0 Å². The van der Waals surface area contributed by atoms with Crippen LogP contribution in [-0.4, -0.2) is 57.0 Å². The summed E-state index contributed by atoms with van der Waals surface area (Å²) in [6.45, 7) is -1.00. The Morgan fingerprint density at radius 2 is 1.44 bits per heavy atom. The molecule has 2 aliphatic rings. The van der Waals surface area contributed by atoms with Crippen molar-refractivity contribution < 1.29 is 40.9 Å². The molecule has 4 nitrogen and oxygen atoms in total. The van der Waals surface area contributed by atoms with Crippen molar-refractivity contribution in [2.24, 2.45) is 0 Å². The van der Waals surface area contributed by atoms with Gasteiger partial charge >= 0.3 is 18.4 Å². The van der Waals surface area contributed by atoms with Crippen LogP contribution in [0.2, 0.25) is 0 Å². The Morgan fingerprint density at radius 3 is 1.83 bits per heavy atom. The molecule has 3 atom stereocenters. The van der Waals surface area contributed by atoms with Gasteiger partial charge in [0, 0.05) is 0 Å². The van der Waals surface area contributed by atoms with E-state index < -0.39 is 43.8 Å². The standard InChI is InChI=1S/C9H11F5O4/c10-7(11)8(12,17-3-5-1-15-5)9(13,14)18-4-6-2-16-6/h5-7H,1-4H2. The van der Waals surface area contributed by atoms with Crippen LogP contribution >= 0.6 is 0 Å². The lowest BCUT2D eigenvalue weighted by Crippen LogP contribution is -2.54. The first-order chi connectivity index (χ1) is 8.35. The smallest absolute Gasteiger partial charge is 0.371 e. The van der Waals surface area contributed by atoms with Gasteiger partial charge in [0.1, 0.15) is 12.2 Å². The van der Waals surface area contributed by atoms with Gasteiger partial charge in [0.25, 0.3) is 0 Å². The van der Waals surface area contributed by atoms with E-state index in [4.69, 9.17) is 0 Å². The molecule has 18 heavy (non-hydrogen) atoms. The quantitative estimate of drug-likeness (QED) is 0.496. The first-order valence-corrected chi connectivity index (χ1v) is 5.21. The molecule has 0 bridgehead atoms. The lowest BCUT2D eigenvalue weighted by molar-refractivity contribution is -0.411. The summed E-state index contributed by atoms with van der Waals surface area (Å²) in [5.74, 6) is -4.49. The number of alkyl halides is 5. The highest BCUT2D eigenvalue weighted by Gasteiger charge is 2.65. The van der Waals surface area contributed by atoms with Crippen molar-refractivity contribution in [3.63, 3.8) is 0 Å². The molecule has 106 valence electrons. The van der Waals surface area contributed by atoms with Gasteiger partial charge in [0.05, 0.1) is 26.4 Å². The summed E-state index contributed by atoms with van der Waals surface area (Å²) in [7, 11) is 0. The second kappa shape index (κ2) is 4.87. The summed E-state index contributed by atoms with van der Waals surface area (Å²) >= 11 is 0. The fourth-order valence-electron chi connectivity index (χ4n) is 1.11. The summed E-state index contributed by atoms with van der Waals surface area (Å²) in [5, 5.41) is 0. The van der Waals surface area contributed by atoms with Crippen LogP contribution in [0.4, 0.5) is 22.0 Å². The number of ether oxygens (including phenoxy) is 4. The normalized spacial score (nSPS) is 30.3. The second-order valence-electron chi connectivity index (χ2n) is 4.00. The molecule has 2 fully saturated rings. The Morgan fingerprint density at radius 1 is 1.00 bits per heavy atom. The summed E-state index contributed by atoms with van der Waals surface area (Å²) in [5.41, 5.74) is 0. The van der Waals surface area contributed by atoms with Crippen LogP contribution in [0.1, 0.15) is 0 Å². The van der Waals surface area contributed by atoms with Crippen LogP contribution in [0.5, 0.6) is 0 Å². The van der Waals surface area contributed by atoms with Gasteiger partial charge in [-0.2, -0.15) is 13.2 Å². The fourth-order valence-corrected chi connectivity index (χ4v) is 1.11. The van der Waals surface area contributed by atoms with Gasteiger partial charge < -0.3 is 18.9 Å². The number of rotatable bonds is 8. The molecule has 0 amide bonds. The Kier molecular flexibility index (Phi) is 3.77. The van der Waals surface area contributed by atoms with E-state index in [9.17, 15) is 22.0 Å². The molecule has 2 rings (SSSR count). The minimum absolute atomic E-state index is 0.168. The summed E-state index contributed by atoms with van der Waals surface area (Å²) in [6.07, 6.45) is -10.0. The minimum atomic E-state index is -4.76. The van der Waals surface area contributed by atoms with Crippen LogP contribution in [-0.2, 0) is 18.9 Å². The Labute approximate surface area is 98.9 Å². The SMILES string of the molecule is FC(F)C(F)(OCC1CO1)C(F)(F)OCC1CO1. The van der Waals surface area contributed by atoms with Crippen LogP contribution in [0.25, 0.3) is 0 Å². The van der Waals surface area contributed by atoms with Gasteiger partial charge in [0.15, 0.2) is 0 Å². The molecule has 2 aliphatic heterocycles. The van der Waals surface area contributed by atoms with E-state index in [1.165, 1.54) is 0 Å². The maximum Gasteiger partial charge on any atom is 0.420 e. The molecule has 0 aromatic rings. The molecule has 0 N–H and O–H groups in total. The highest BCUT2D eigenvalue weighted by Crippen LogP contribution is 2.40. The zero-order chi connectivity index (χ0) is 13.4. The van der Waals surface area contributed by atoms with Crippen molar-refractivity contribution in [2.75, 3.05) is 26.4 Å². The van der Waals surface area contributed by atoms with Crippen molar-refractivity contribution in [1.29, 1.82) is 0 Å². The van der Waals surface area contributed by atoms with Crippen LogP contribution < -0.4 is 0 Å². The summed E-state index contributed by atoms with van der Waals surface area (Å²) in [6, 6.07) is 0. The monoisotopic (exact) mass is 278 g/mol. The number of epoxide rings is 2. The summed E-state index contributed by atoms with van der Waals surface area (Å²) in [4.78, 5) is 0. The predicted octanol–water partition coefficient (Wildman–Crippen LogP) is 1.34. The molecule has 0 aromatic heterocycles. The first-order valence-electron chi connectivity index (χ1n) is 5.21. The molecule has 0 saturated carbocycles. The number of hydrogen-bond acceptors (Lipinski definition) is 4. The van der Waals surface area contributed by atoms with Crippen molar-refractivity contribution in [3.8, 4) is 0 Å². The van der Waals surface area contributed by atoms with Crippen molar-refractivity contribution in [1.82, 2.24) is 0 Å². The van der Waals surface area contributed by atoms with Crippen LogP contribution in [0, 0.1) is 0 Å². The topological polar surface area (TPSA) is 43.5 Å². The Balaban J connectivity index is 1.94. The third kappa shape index (κ3) is 3.08. The van der Waals surface area contributed by atoms with E-state index in [1.54, 1.807) is 0 Å². The first kappa shape index (κ1) is 13.9. The number of hydrogen-bond donors (Lipinski definition) is 0. The average molecular weight is 278 g/mol. The average Bonchev–Trinajstić information content (AvgIpc) is 3.16. The van der Waals surface area contributed by atoms with Crippen molar-refractivity contribution in [3.05, 3.63) is 0 Å². The molecule has 0 spiro atoms. The van der Waals surface area contributed by atoms with Crippen LogP contribution in [0.15, 0.2) is 0 Å². The van der Waals surface area contributed by atoms with Gasteiger partial charge in [-0.3, -0.25) is 0 Å². The zero-order valence-corrected chi connectivity index (χ0v) is 9.08. The molecule has 3 unspecified atom stereocenters. The van der Waals surface area contributed by atoms with Crippen molar-refractivity contribution in [2.45, 2.75) is 30.6 Å². The third-order valence-electron chi connectivity index (χ3n) is 2.41. The van der Waals surface area contributed by atoms with Gasteiger partial charge in [-0.15, -0.1) is 0 Å². The molecule has 2 heterocycles. The van der Waals surface area contributed by atoms with Gasteiger partial charge in [-0.1, -0.05) is 0 Å². The molecule has 9 heteroatoms. The highest BCUT2D eigenvalue weighted by molar-refractivity contribution is 4.84. The van der Waals surface area contributed by atoms with Gasteiger partial charge in [-0.05, 0) is 0 Å². The van der Waals surface area contributed by atoms with E-state index in [0.29, 0.717) is 0 Å². The molecule has 0 radical (unpaired) electrons. The van der Waals surface area contributed by atoms with Gasteiger partial charge in [0.2, 0.25) is 0 Å². The number of halogens is 5. The van der Waals surface area contributed by atoms with E-state index in [0.717, 1.165) is 0 Å². The van der Waals surface area contributed by atoms with E-state index in [1.807, 2.05) is 0 Å². The Bertz CT molecular complexity index is 295. The maximum atomic E-state index is 13.6.